The van der Waals surface area contributed by atoms with Crippen LogP contribution in [0.25, 0.3) is 11.3 Å². The molecule has 242 valence electrons. The van der Waals surface area contributed by atoms with Gasteiger partial charge in [-0.05, 0) is 74.3 Å². The predicted octanol–water partition coefficient (Wildman–Crippen LogP) is 7.47. The van der Waals surface area contributed by atoms with Crippen LogP contribution in [0.15, 0.2) is 46.9 Å². The van der Waals surface area contributed by atoms with Crippen LogP contribution in [-0.4, -0.2) is 40.3 Å². The van der Waals surface area contributed by atoms with Crippen LogP contribution < -0.4 is 10.5 Å². The molecule has 5 rings (SSSR count). The fourth-order valence-corrected chi connectivity index (χ4v) is 6.59. The van der Waals surface area contributed by atoms with Crippen LogP contribution in [0.1, 0.15) is 114 Å². The number of pyridine rings is 1. The summed E-state index contributed by atoms with van der Waals surface area (Å²) in [4.78, 5) is 44.1. The average Bonchev–Trinajstić information content (AvgIpc) is 2.89. The van der Waals surface area contributed by atoms with Crippen LogP contribution in [0.3, 0.4) is 0 Å². The van der Waals surface area contributed by atoms with Crippen molar-refractivity contribution in [1.29, 1.82) is 0 Å². The van der Waals surface area contributed by atoms with Crippen molar-refractivity contribution in [2.24, 2.45) is 16.6 Å². The Balaban J connectivity index is 0.000000854. The number of benzene rings is 1. The molecule has 0 bridgehead atoms. The van der Waals surface area contributed by atoms with Gasteiger partial charge in [0.25, 0.3) is 0 Å². The third-order valence-corrected chi connectivity index (χ3v) is 8.40. The largest absolute Gasteiger partial charge is 0.496 e. The smallest absolute Gasteiger partial charge is 0.354 e. The van der Waals surface area contributed by atoms with E-state index in [2.05, 4.69) is 32.7 Å². The summed E-state index contributed by atoms with van der Waals surface area (Å²) in [7, 11) is 1.58. The third kappa shape index (κ3) is 7.22. The molecule has 2 aromatic rings. The van der Waals surface area contributed by atoms with Crippen LogP contribution in [0.2, 0.25) is 0 Å². The minimum atomic E-state index is -1.08. The quantitative estimate of drug-likeness (QED) is 0.354. The molecule has 8 nitrogen and oxygen atoms in total. The number of nitrogens with zero attached hydrogens (tertiary/aromatic N) is 1. The number of carbonyl (C=O) groups excluding carboxylic acids is 2. The predicted molar refractivity (Wildman–Crippen MR) is 175 cm³/mol. The minimum Gasteiger partial charge on any atom is -0.496 e. The van der Waals surface area contributed by atoms with Crippen LogP contribution in [0.5, 0.6) is 5.75 Å². The highest BCUT2D eigenvalue weighted by Crippen LogP contribution is 2.55. The number of Topliss-reactive ketones (excluding diaryl/α,β-unsaturated/α-hetero) is 2. The zero-order chi connectivity index (χ0) is 33.6. The van der Waals surface area contributed by atoms with Crippen molar-refractivity contribution in [2.75, 3.05) is 7.11 Å². The van der Waals surface area contributed by atoms with Gasteiger partial charge in [0.1, 0.15) is 17.3 Å². The van der Waals surface area contributed by atoms with Gasteiger partial charge < -0.3 is 20.3 Å². The zero-order valence-corrected chi connectivity index (χ0v) is 28.4. The van der Waals surface area contributed by atoms with Crippen molar-refractivity contribution in [3.05, 3.63) is 69.3 Å². The van der Waals surface area contributed by atoms with Crippen LogP contribution >= 0.6 is 0 Å². The molecule has 0 fully saturated rings. The van der Waals surface area contributed by atoms with E-state index in [0.717, 1.165) is 16.7 Å². The summed E-state index contributed by atoms with van der Waals surface area (Å²) in [6, 6.07) is 7.30. The maximum atomic E-state index is 13.8. The van der Waals surface area contributed by atoms with Gasteiger partial charge in [-0.1, -0.05) is 40.7 Å². The summed E-state index contributed by atoms with van der Waals surface area (Å²) in [6.07, 6.45) is 2.46. The Kier molecular flexibility index (Phi) is 9.24. The Labute approximate surface area is 267 Å². The monoisotopic (exact) mass is 616 g/mol. The second-order valence-corrected chi connectivity index (χ2v) is 15.2. The number of hydrogen-bond acceptors (Lipinski definition) is 7. The molecule has 8 heteroatoms. The van der Waals surface area contributed by atoms with Gasteiger partial charge in [0.15, 0.2) is 17.3 Å². The molecule has 2 heterocycles. The SMILES string of the molecule is CC(C)(C)N.CCc1ccc(-c2ccc(OC)c(C3C4=C(CC(C)(C)CC4=O)OC4=C3C(=O)CC(C)(C)C4)c2C)nc1C(=O)O. The number of aromatic carboxylic acids is 1. The molecule has 45 heavy (non-hydrogen) atoms. The minimum absolute atomic E-state index is 0. The van der Waals surface area contributed by atoms with Gasteiger partial charge in [0, 0.05) is 53.5 Å². The van der Waals surface area contributed by atoms with E-state index in [4.69, 9.17) is 15.2 Å². The molecule has 3 aliphatic rings. The number of carboxylic acid groups (broad SMARTS) is 1. The molecular weight excluding hydrogens is 568 g/mol. The Bertz CT molecular complexity index is 1560. The first-order valence-corrected chi connectivity index (χ1v) is 15.7. The lowest BCUT2D eigenvalue weighted by Gasteiger charge is -2.43. The molecule has 0 spiro atoms. The molecular formula is C37H48N2O6. The molecule has 1 aromatic heterocycles. The maximum Gasteiger partial charge on any atom is 0.354 e. The highest BCUT2D eigenvalue weighted by Gasteiger charge is 2.49. The van der Waals surface area contributed by atoms with E-state index >= 15 is 0 Å². The van der Waals surface area contributed by atoms with Gasteiger partial charge in [-0.25, -0.2) is 9.78 Å². The third-order valence-electron chi connectivity index (χ3n) is 8.40. The summed E-state index contributed by atoms with van der Waals surface area (Å²) in [6.45, 7) is 18.0. The van der Waals surface area contributed by atoms with Gasteiger partial charge in [-0.2, -0.15) is 0 Å². The summed E-state index contributed by atoms with van der Waals surface area (Å²) >= 11 is 0. The van der Waals surface area contributed by atoms with E-state index in [1.807, 2.05) is 52.8 Å². The highest BCUT2D eigenvalue weighted by atomic mass is 16.5. The number of allylic oxidation sites excluding steroid dienone is 4. The van der Waals surface area contributed by atoms with Crippen molar-refractivity contribution in [2.45, 2.75) is 106 Å². The van der Waals surface area contributed by atoms with Crippen LogP contribution in [-0.2, 0) is 20.7 Å². The number of ketones is 2. The fraction of sp³-hybridized carbons (Fsp3) is 0.514. The van der Waals surface area contributed by atoms with Crippen LogP contribution in [0, 0.1) is 17.8 Å². The molecule has 0 saturated heterocycles. The first kappa shape index (κ1) is 34.1. The standard InChI is InChI=1S/C33H37NO6.C4H11N/c1-8-18-9-11-20(34-30(18)31(37)38)19-10-12-23(39-7)26(17(19)2)29-27-21(35)13-32(3,4)15-24(27)40-25-16-33(5,6)14-22(36)28(25)29;1-4(2,3)5/h9-12,29H,8,13-16H2,1-7H3,(H,37,38);5H2,1-3H3. The van der Waals surface area contributed by atoms with Gasteiger partial charge in [-0.3, -0.25) is 9.59 Å². The topological polar surface area (TPSA) is 129 Å². The lowest BCUT2D eigenvalue weighted by molar-refractivity contribution is -0.120. The van der Waals surface area contributed by atoms with Gasteiger partial charge >= 0.3 is 5.97 Å². The number of aromatic nitrogens is 1. The van der Waals surface area contributed by atoms with Gasteiger partial charge in [0.2, 0.25) is 0 Å². The molecule has 0 amide bonds. The molecule has 0 saturated carbocycles. The van der Waals surface area contributed by atoms with E-state index in [-0.39, 0.29) is 33.6 Å². The van der Waals surface area contributed by atoms with Crippen molar-refractivity contribution < 1.29 is 29.0 Å². The molecule has 0 unspecified atom stereocenters. The van der Waals surface area contributed by atoms with Gasteiger partial charge in [-0.15, -0.1) is 0 Å². The Morgan fingerprint density at radius 3 is 1.93 bits per heavy atom. The number of carboxylic acids is 1. The Morgan fingerprint density at radius 1 is 0.978 bits per heavy atom. The first-order valence-electron chi connectivity index (χ1n) is 15.7. The highest BCUT2D eigenvalue weighted by molar-refractivity contribution is 6.06. The van der Waals surface area contributed by atoms with Crippen LogP contribution in [0.4, 0.5) is 0 Å². The molecule has 0 radical (unpaired) electrons. The molecule has 1 aliphatic heterocycles. The fourth-order valence-electron chi connectivity index (χ4n) is 6.59. The zero-order valence-electron chi connectivity index (χ0n) is 28.4. The summed E-state index contributed by atoms with van der Waals surface area (Å²) in [5, 5.41) is 9.80. The van der Waals surface area contributed by atoms with E-state index < -0.39 is 11.9 Å². The Hall–Kier alpha value is -3.78. The number of ether oxygens (including phenoxy) is 2. The molecule has 2 aliphatic carbocycles. The van der Waals surface area contributed by atoms with Crippen molar-refractivity contribution in [3.8, 4) is 17.0 Å². The number of aryl methyl sites for hydroxylation is 1. The van der Waals surface area contributed by atoms with E-state index in [1.165, 1.54) is 0 Å². The van der Waals surface area contributed by atoms with Crippen molar-refractivity contribution in [1.82, 2.24) is 4.98 Å². The molecule has 1 aromatic carbocycles. The second-order valence-electron chi connectivity index (χ2n) is 15.2. The normalized spacial score (nSPS) is 19.3. The number of rotatable bonds is 5. The summed E-state index contributed by atoms with van der Waals surface area (Å²) in [5.74, 6) is 0.0871. The lowest BCUT2D eigenvalue weighted by Crippen LogP contribution is -2.38. The Morgan fingerprint density at radius 2 is 1.49 bits per heavy atom. The second kappa shape index (κ2) is 12.2. The lowest BCUT2D eigenvalue weighted by atomic mass is 9.65. The van der Waals surface area contributed by atoms with Crippen molar-refractivity contribution >= 4 is 17.5 Å². The number of methoxy groups -OCH3 is 1. The van der Waals surface area contributed by atoms with E-state index in [1.54, 1.807) is 13.2 Å². The summed E-state index contributed by atoms with van der Waals surface area (Å²) < 4.78 is 12.3. The number of carbonyl (C=O) groups is 3. The van der Waals surface area contributed by atoms with E-state index in [9.17, 15) is 19.5 Å². The summed E-state index contributed by atoms with van der Waals surface area (Å²) in [5.41, 5.74) is 9.33. The average molecular weight is 617 g/mol. The van der Waals surface area contributed by atoms with Crippen molar-refractivity contribution in [3.63, 3.8) is 0 Å². The number of hydrogen-bond donors (Lipinski definition) is 2. The first-order chi connectivity index (χ1) is 20.8. The maximum absolute atomic E-state index is 13.8. The molecule has 3 N–H and O–H groups in total. The number of nitrogens with two attached hydrogens (primary N) is 1. The molecule has 0 atom stereocenters. The van der Waals surface area contributed by atoms with Gasteiger partial charge in [0.05, 0.1) is 18.7 Å². The van der Waals surface area contributed by atoms with E-state index in [0.29, 0.717) is 71.8 Å².